The maximum atomic E-state index is 11.9. The second-order valence-corrected chi connectivity index (χ2v) is 7.69. The molecule has 1 amide bonds. The number of rotatable bonds is 7. The molecule has 8 heteroatoms. The molecule has 21 heavy (non-hydrogen) atoms. The Morgan fingerprint density at radius 2 is 2.14 bits per heavy atom. The van der Waals surface area contributed by atoms with Gasteiger partial charge in [-0.25, -0.2) is 13.1 Å². The zero-order valence-electron chi connectivity index (χ0n) is 12.4. The molecule has 2 rings (SSSR count). The van der Waals surface area contributed by atoms with Gasteiger partial charge in [0.15, 0.2) is 0 Å². The summed E-state index contributed by atoms with van der Waals surface area (Å²) in [6.45, 7) is 3.68. The first-order chi connectivity index (χ1) is 9.98. The van der Waals surface area contributed by atoms with Gasteiger partial charge in [0, 0.05) is 19.6 Å². The average molecular weight is 319 g/mol. The summed E-state index contributed by atoms with van der Waals surface area (Å²) < 4.78 is 31.6. The molecule has 1 aliphatic carbocycles. The molecule has 0 spiro atoms. The van der Waals surface area contributed by atoms with Crippen LogP contribution < -0.4 is 15.4 Å². The number of hydrogen-bond donors (Lipinski definition) is 3. The van der Waals surface area contributed by atoms with Crippen LogP contribution in [0.15, 0.2) is 0 Å². The zero-order valence-corrected chi connectivity index (χ0v) is 13.2. The molecular weight excluding hydrogens is 294 g/mol. The molecule has 7 nitrogen and oxygen atoms in total. The van der Waals surface area contributed by atoms with E-state index in [1.54, 1.807) is 0 Å². The van der Waals surface area contributed by atoms with E-state index >= 15 is 0 Å². The largest absolute Gasteiger partial charge is 0.375 e. The summed E-state index contributed by atoms with van der Waals surface area (Å²) in [4.78, 5) is 11.9. The van der Waals surface area contributed by atoms with Gasteiger partial charge in [-0.1, -0.05) is 6.42 Å². The predicted molar refractivity (Wildman–Crippen MR) is 79.3 cm³/mol. The number of amides is 1. The maximum absolute atomic E-state index is 11.9. The minimum atomic E-state index is -3.31. The maximum Gasteiger partial charge on any atom is 0.239 e. The first kappa shape index (κ1) is 16.7. The minimum absolute atomic E-state index is 0.0899. The van der Waals surface area contributed by atoms with Gasteiger partial charge in [0.25, 0.3) is 0 Å². The minimum Gasteiger partial charge on any atom is -0.375 e. The van der Waals surface area contributed by atoms with Gasteiger partial charge in [0.05, 0.1) is 18.5 Å². The van der Waals surface area contributed by atoms with E-state index in [9.17, 15) is 13.2 Å². The van der Waals surface area contributed by atoms with Crippen molar-refractivity contribution in [2.45, 2.75) is 38.3 Å². The second kappa shape index (κ2) is 7.53. The molecule has 0 aromatic carbocycles. The van der Waals surface area contributed by atoms with Crippen molar-refractivity contribution in [2.24, 2.45) is 5.92 Å². The first-order valence-electron chi connectivity index (χ1n) is 7.58. The smallest absolute Gasteiger partial charge is 0.239 e. The van der Waals surface area contributed by atoms with Crippen LogP contribution in [0.1, 0.15) is 26.2 Å². The van der Waals surface area contributed by atoms with Crippen LogP contribution in [0.2, 0.25) is 0 Å². The molecule has 1 heterocycles. The quantitative estimate of drug-likeness (QED) is 0.571. The van der Waals surface area contributed by atoms with Crippen molar-refractivity contribution < 1.29 is 17.9 Å². The first-order valence-corrected chi connectivity index (χ1v) is 9.23. The Hall–Kier alpha value is -0.700. The zero-order chi connectivity index (χ0) is 15.3. The number of sulfonamides is 1. The molecule has 0 unspecified atom stereocenters. The Morgan fingerprint density at radius 3 is 2.76 bits per heavy atom. The lowest BCUT2D eigenvalue weighted by Gasteiger charge is -2.29. The molecular formula is C13H25N3O4S. The lowest BCUT2D eigenvalue weighted by atomic mass is 9.86. The van der Waals surface area contributed by atoms with E-state index in [1.807, 2.05) is 6.92 Å². The summed E-state index contributed by atoms with van der Waals surface area (Å²) in [7, 11) is -3.31. The third kappa shape index (κ3) is 5.21. The predicted octanol–water partition coefficient (Wildman–Crippen LogP) is -0.801. The van der Waals surface area contributed by atoms with E-state index in [2.05, 4.69) is 15.4 Å². The summed E-state index contributed by atoms with van der Waals surface area (Å²) in [6, 6.07) is -0.413. The van der Waals surface area contributed by atoms with E-state index in [4.69, 9.17) is 4.74 Å². The highest BCUT2D eigenvalue weighted by molar-refractivity contribution is 7.89. The van der Waals surface area contributed by atoms with Crippen molar-refractivity contribution in [3.63, 3.8) is 0 Å². The SMILES string of the molecule is C[C@H]1OCCN[C@@H]1C(=O)NCCS(=O)(=O)NCC1CCC1. The Labute approximate surface area is 126 Å². The number of ether oxygens (including phenoxy) is 1. The van der Waals surface area contributed by atoms with E-state index in [1.165, 1.54) is 6.42 Å². The normalized spacial score (nSPS) is 27.1. The summed E-state index contributed by atoms with van der Waals surface area (Å²) in [5.74, 6) is 0.183. The summed E-state index contributed by atoms with van der Waals surface area (Å²) in [6.07, 6.45) is 3.19. The van der Waals surface area contributed by atoms with Crippen LogP contribution in [0.25, 0.3) is 0 Å². The third-order valence-electron chi connectivity index (χ3n) is 4.09. The number of hydrogen-bond acceptors (Lipinski definition) is 5. The fourth-order valence-electron chi connectivity index (χ4n) is 2.46. The Morgan fingerprint density at radius 1 is 1.38 bits per heavy atom. The van der Waals surface area contributed by atoms with Crippen LogP contribution >= 0.6 is 0 Å². The summed E-state index contributed by atoms with van der Waals surface area (Å²) in [5.41, 5.74) is 0. The summed E-state index contributed by atoms with van der Waals surface area (Å²) in [5, 5.41) is 5.72. The highest BCUT2D eigenvalue weighted by atomic mass is 32.2. The molecule has 2 aliphatic rings. The molecule has 1 saturated heterocycles. The molecule has 122 valence electrons. The molecule has 0 aromatic rings. The van der Waals surface area contributed by atoms with Gasteiger partial charge in [0.1, 0.15) is 6.04 Å². The van der Waals surface area contributed by atoms with Gasteiger partial charge in [0.2, 0.25) is 15.9 Å². The highest BCUT2D eigenvalue weighted by Crippen LogP contribution is 2.25. The van der Waals surface area contributed by atoms with Crippen molar-refractivity contribution in [1.82, 2.24) is 15.4 Å². The van der Waals surface area contributed by atoms with E-state index in [0.29, 0.717) is 25.6 Å². The van der Waals surface area contributed by atoms with Crippen molar-refractivity contribution in [3.05, 3.63) is 0 Å². The van der Waals surface area contributed by atoms with Crippen molar-refractivity contribution in [3.8, 4) is 0 Å². The molecule has 0 aromatic heterocycles. The monoisotopic (exact) mass is 319 g/mol. The number of morpholine rings is 1. The molecule has 3 N–H and O–H groups in total. The highest BCUT2D eigenvalue weighted by Gasteiger charge is 2.28. The lowest BCUT2D eigenvalue weighted by Crippen LogP contribution is -2.56. The fourth-order valence-corrected chi connectivity index (χ4v) is 3.46. The van der Waals surface area contributed by atoms with Crippen molar-refractivity contribution in [2.75, 3.05) is 32.0 Å². The second-order valence-electron chi connectivity index (χ2n) is 5.76. The number of nitrogens with one attached hydrogen (secondary N) is 3. The molecule has 1 saturated carbocycles. The number of carbonyl (C=O) groups excluding carboxylic acids is 1. The Bertz CT molecular complexity index is 450. The molecule has 0 radical (unpaired) electrons. The van der Waals surface area contributed by atoms with Crippen LogP contribution in [-0.2, 0) is 19.6 Å². The van der Waals surface area contributed by atoms with Crippen LogP contribution in [0.3, 0.4) is 0 Å². The van der Waals surface area contributed by atoms with Gasteiger partial charge in [-0.15, -0.1) is 0 Å². The van der Waals surface area contributed by atoms with Gasteiger partial charge in [-0.3, -0.25) is 4.79 Å². The van der Waals surface area contributed by atoms with Gasteiger partial charge in [-0.05, 0) is 25.7 Å². The van der Waals surface area contributed by atoms with Crippen molar-refractivity contribution >= 4 is 15.9 Å². The van der Waals surface area contributed by atoms with Crippen LogP contribution in [-0.4, -0.2) is 58.5 Å². The topological polar surface area (TPSA) is 96.5 Å². The van der Waals surface area contributed by atoms with E-state index in [0.717, 1.165) is 12.8 Å². The van der Waals surface area contributed by atoms with Crippen LogP contribution in [0.5, 0.6) is 0 Å². The molecule has 2 fully saturated rings. The summed E-state index contributed by atoms with van der Waals surface area (Å²) >= 11 is 0. The number of carbonyl (C=O) groups is 1. The molecule has 0 bridgehead atoms. The Kier molecular flexibility index (Phi) is 5.98. The van der Waals surface area contributed by atoms with E-state index in [-0.39, 0.29) is 24.3 Å². The van der Waals surface area contributed by atoms with Crippen molar-refractivity contribution in [1.29, 1.82) is 0 Å². The van der Waals surface area contributed by atoms with Crippen LogP contribution in [0.4, 0.5) is 0 Å². The third-order valence-corrected chi connectivity index (χ3v) is 5.43. The standard InChI is InChI=1S/C13H25N3O4S/c1-10-12(14-5-7-20-10)13(17)15-6-8-21(18,19)16-9-11-3-2-4-11/h10-12,14,16H,2-9H2,1H3,(H,15,17)/t10-,12+/m1/s1. The van der Waals surface area contributed by atoms with Gasteiger partial charge in [-0.2, -0.15) is 0 Å². The molecule has 1 aliphatic heterocycles. The van der Waals surface area contributed by atoms with Crippen LogP contribution in [0, 0.1) is 5.92 Å². The molecule has 2 atom stereocenters. The Balaban J connectivity index is 1.66. The fraction of sp³-hybridized carbons (Fsp3) is 0.923. The van der Waals surface area contributed by atoms with Gasteiger partial charge >= 0.3 is 0 Å². The average Bonchev–Trinajstić information content (AvgIpc) is 2.36. The lowest BCUT2D eigenvalue weighted by molar-refractivity contribution is -0.128. The van der Waals surface area contributed by atoms with Gasteiger partial charge < -0.3 is 15.4 Å². The van der Waals surface area contributed by atoms with E-state index < -0.39 is 16.1 Å².